The molecule has 36 heavy (non-hydrogen) atoms. The number of sulfone groups is 2. The Bertz CT molecular complexity index is 1470. The number of anilines is 3. The summed E-state index contributed by atoms with van der Waals surface area (Å²) < 4.78 is 75.1. The maximum Gasteiger partial charge on any atom is 0.224 e. The number of nitrogens with zero attached hydrogens (tertiary/aromatic N) is 2. The van der Waals surface area contributed by atoms with Gasteiger partial charge in [0.15, 0.2) is 25.5 Å². The van der Waals surface area contributed by atoms with E-state index in [1.54, 1.807) is 0 Å². The highest BCUT2D eigenvalue weighted by Gasteiger charge is 2.25. The molecular weight excluding hydrogens is 557 g/mol. The van der Waals surface area contributed by atoms with Crippen molar-refractivity contribution in [3.8, 4) is 0 Å². The quantitative estimate of drug-likeness (QED) is 0.291. The molecule has 0 fully saturated rings. The van der Waals surface area contributed by atoms with E-state index in [1.165, 1.54) is 58.2 Å². The van der Waals surface area contributed by atoms with Crippen LogP contribution in [0.2, 0.25) is 10.3 Å². The zero-order valence-corrected chi connectivity index (χ0v) is 22.8. The molecule has 3 aromatic rings. The summed E-state index contributed by atoms with van der Waals surface area (Å²) in [7, 11) is -7.19. The van der Waals surface area contributed by atoms with Gasteiger partial charge in [-0.3, -0.25) is 0 Å². The van der Waals surface area contributed by atoms with Crippen LogP contribution in [0, 0.1) is 11.6 Å². The summed E-state index contributed by atoms with van der Waals surface area (Å²) >= 11 is 11.6. The second-order valence-corrected chi connectivity index (χ2v) is 13.6. The standard InChI is InChI=1S/C13H12Cl2FN3O2S.C9H12FNO2S/c1-7(2)22(20,21)10-5-3-4-9(16)11(10)18-12-8(14)6-17-13(15)19-12;1-6(2)14(12,13)8-5-3-4-7(10)9(8)11/h3-7H,1-2H3,(H,17,18,19);3-6H,11H2,1-2H3. The molecule has 1 aromatic heterocycles. The summed E-state index contributed by atoms with van der Waals surface area (Å²) in [5, 5.41) is 1.26. The lowest BCUT2D eigenvalue weighted by molar-refractivity contribution is 0.583. The molecule has 14 heteroatoms. The van der Waals surface area contributed by atoms with Crippen molar-refractivity contribution in [2.24, 2.45) is 0 Å². The largest absolute Gasteiger partial charge is 0.395 e. The molecule has 1 heterocycles. The summed E-state index contributed by atoms with van der Waals surface area (Å²) in [4.78, 5) is 7.20. The molecule has 0 aliphatic heterocycles. The number of halogens is 4. The van der Waals surface area contributed by atoms with Gasteiger partial charge < -0.3 is 11.1 Å². The van der Waals surface area contributed by atoms with Crippen LogP contribution in [0.1, 0.15) is 27.7 Å². The van der Waals surface area contributed by atoms with Crippen LogP contribution < -0.4 is 11.1 Å². The summed E-state index contributed by atoms with van der Waals surface area (Å²) in [5.41, 5.74) is 4.82. The van der Waals surface area contributed by atoms with Gasteiger partial charge in [-0.05, 0) is 63.6 Å². The molecular formula is C22H24Cl2F2N4O4S2. The van der Waals surface area contributed by atoms with E-state index in [4.69, 9.17) is 28.9 Å². The summed E-state index contributed by atoms with van der Waals surface area (Å²) in [5.74, 6) is -1.42. The Morgan fingerprint density at radius 2 is 1.36 bits per heavy atom. The number of nitrogens with two attached hydrogens (primary N) is 1. The summed E-state index contributed by atoms with van der Waals surface area (Å²) in [6, 6.07) is 7.56. The van der Waals surface area contributed by atoms with E-state index in [0.717, 1.165) is 12.1 Å². The summed E-state index contributed by atoms with van der Waals surface area (Å²) in [6.07, 6.45) is 1.23. The third kappa shape index (κ3) is 6.61. The topological polar surface area (TPSA) is 132 Å². The van der Waals surface area contributed by atoms with Gasteiger partial charge in [-0.25, -0.2) is 30.6 Å². The molecule has 0 amide bonds. The number of hydrogen-bond donors (Lipinski definition) is 2. The highest BCUT2D eigenvalue weighted by Crippen LogP contribution is 2.32. The first-order valence-corrected chi connectivity index (χ1v) is 14.2. The average Bonchev–Trinajstić information content (AvgIpc) is 2.79. The van der Waals surface area contributed by atoms with E-state index in [-0.39, 0.29) is 37.3 Å². The van der Waals surface area contributed by atoms with E-state index in [1.807, 2.05) is 0 Å². The highest BCUT2D eigenvalue weighted by atomic mass is 35.5. The molecule has 0 saturated carbocycles. The Morgan fingerprint density at radius 1 is 0.861 bits per heavy atom. The van der Waals surface area contributed by atoms with Crippen LogP contribution in [0.4, 0.5) is 26.0 Å². The Morgan fingerprint density at radius 3 is 1.92 bits per heavy atom. The zero-order chi connectivity index (χ0) is 27.4. The van der Waals surface area contributed by atoms with Crippen LogP contribution in [0.5, 0.6) is 0 Å². The number of nitrogens with one attached hydrogen (secondary N) is 1. The number of hydrogen-bond acceptors (Lipinski definition) is 8. The van der Waals surface area contributed by atoms with Crippen LogP contribution in [-0.2, 0) is 19.7 Å². The molecule has 0 aliphatic rings. The number of aromatic nitrogens is 2. The fraction of sp³-hybridized carbons (Fsp3) is 0.273. The van der Waals surface area contributed by atoms with Crippen molar-refractivity contribution < 1.29 is 25.6 Å². The third-order valence-corrected chi connectivity index (χ3v) is 9.66. The smallest absolute Gasteiger partial charge is 0.224 e. The van der Waals surface area contributed by atoms with Crippen molar-refractivity contribution in [2.45, 2.75) is 48.0 Å². The molecule has 0 unspecified atom stereocenters. The van der Waals surface area contributed by atoms with Crippen molar-refractivity contribution in [3.63, 3.8) is 0 Å². The lowest BCUT2D eigenvalue weighted by Gasteiger charge is -2.15. The number of nitrogen functional groups attached to an aromatic ring is 1. The maximum absolute atomic E-state index is 14.1. The van der Waals surface area contributed by atoms with Crippen LogP contribution >= 0.6 is 23.2 Å². The monoisotopic (exact) mass is 580 g/mol. The molecule has 0 bridgehead atoms. The molecule has 0 radical (unpaired) electrons. The fourth-order valence-electron chi connectivity index (χ4n) is 2.69. The molecule has 0 atom stereocenters. The zero-order valence-electron chi connectivity index (χ0n) is 19.6. The second kappa shape index (κ2) is 11.7. The first-order valence-electron chi connectivity index (χ1n) is 10.4. The van der Waals surface area contributed by atoms with E-state index < -0.39 is 41.8 Å². The Labute approximate surface area is 218 Å². The van der Waals surface area contributed by atoms with Crippen molar-refractivity contribution >= 4 is 60.1 Å². The van der Waals surface area contributed by atoms with E-state index in [2.05, 4.69) is 15.3 Å². The third-order valence-electron chi connectivity index (χ3n) is 4.80. The Kier molecular flexibility index (Phi) is 9.63. The van der Waals surface area contributed by atoms with Crippen LogP contribution in [0.25, 0.3) is 0 Å². The normalized spacial score (nSPS) is 11.8. The number of benzene rings is 2. The first-order chi connectivity index (χ1) is 16.6. The molecule has 3 N–H and O–H groups in total. The molecule has 0 saturated heterocycles. The van der Waals surface area contributed by atoms with Gasteiger partial charge in [0.2, 0.25) is 5.28 Å². The van der Waals surface area contributed by atoms with Crippen molar-refractivity contribution in [3.05, 3.63) is 64.5 Å². The van der Waals surface area contributed by atoms with Gasteiger partial charge in [-0.15, -0.1) is 0 Å². The van der Waals surface area contributed by atoms with E-state index >= 15 is 0 Å². The van der Waals surface area contributed by atoms with Gasteiger partial charge >= 0.3 is 0 Å². The Hall–Kier alpha value is -2.54. The molecule has 0 spiro atoms. The van der Waals surface area contributed by atoms with Crippen molar-refractivity contribution in [2.75, 3.05) is 11.1 Å². The van der Waals surface area contributed by atoms with Crippen molar-refractivity contribution in [1.29, 1.82) is 0 Å². The second-order valence-electron chi connectivity index (χ2n) is 7.91. The number of rotatable bonds is 6. The predicted octanol–water partition coefficient (Wildman–Crippen LogP) is 5.44. The van der Waals surface area contributed by atoms with Gasteiger partial charge in [0.05, 0.1) is 37.9 Å². The molecule has 3 rings (SSSR count). The van der Waals surface area contributed by atoms with Gasteiger partial charge in [0.1, 0.15) is 16.7 Å². The molecule has 196 valence electrons. The molecule has 8 nitrogen and oxygen atoms in total. The fourth-order valence-corrected chi connectivity index (χ4v) is 5.35. The minimum absolute atomic E-state index is 0.0203. The van der Waals surface area contributed by atoms with Gasteiger partial charge in [0, 0.05) is 0 Å². The van der Waals surface area contributed by atoms with E-state index in [0.29, 0.717) is 0 Å². The lowest BCUT2D eigenvalue weighted by Crippen LogP contribution is -2.16. The van der Waals surface area contributed by atoms with Crippen LogP contribution in [0.3, 0.4) is 0 Å². The van der Waals surface area contributed by atoms with Crippen LogP contribution in [-0.4, -0.2) is 37.3 Å². The maximum atomic E-state index is 14.1. The molecule has 0 aliphatic carbocycles. The van der Waals surface area contributed by atoms with E-state index in [9.17, 15) is 25.6 Å². The van der Waals surface area contributed by atoms with Gasteiger partial charge in [0.25, 0.3) is 0 Å². The Balaban J connectivity index is 0.000000281. The minimum Gasteiger partial charge on any atom is -0.395 e. The number of para-hydroxylation sites is 2. The predicted molar refractivity (Wildman–Crippen MR) is 137 cm³/mol. The average molecular weight is 581 g/mol. The van der Waals surface area contributed by atoms with Crippen molar-refractivity contribution in [1.82, 2.24) is 9.97 Å². The highest BCUT2D eigenvalue weighted by molar-refractivity contribution is 7.92. The van der Waals surface area contributed by atoms with Crippen LogP contribution in [0.15, 0.2) is 52.4 Å². The minimum atomic E-state index is -3.70. The summed E-state index contributed by atoms with van der Waals surface area (Å²) in [6.45, 7) is 6.08. The molecule has 2 aromatic carbocycles. The van der Waals surface area contributed by atoms with Gasteiger partial charge in [-0.1, -0.05) is 23.7 Å². The SMILES string of the molecule is CC(C)S(=O)(=O)c1cccc(F)c1N.CC(C)S(=O)(=O)c1cccc(F)c1Nc1nc(Cl)ncc1Cl. The lowest BCUT2D eigenvalue weighted by atomic mass is 10.3. The first kappa shape index (κ1) is 29.7. The van der Waals surface area contributed by atoms with Gasteiger partial charge in [-0.2, -0.15) is 4.98 Å².